The number of thiazole rings is 1. The van der Waals surface area contributed by atoms with Gasteiger partial charge in [0.05, 0.1) is 11.2 Å². The van der Waals surface area contributed by atoms with Crippen molar-refractivity contribution in [2.75, 3.05) is 7.11 Å². The molecule has 0 bridgehead atoms. The molecule has 0 aromatic carbocycles. The summed E-state index contributed by atoms with van der Waals surface area (Å²) in [7, 11) is 1.73. The molecule has 1 aromatic rings. The van der Waals surface area contributed by atoms with Gasteiger partial charge in [0.2, 0.25) is 0 Å². The number of nitrogens with two attached hydrogens (primary N) is 1. The van der Waals surface area contributed by atoms with Crippen LogP contribution in [0.15, 0.2) is 5.38 Å². The van der Waals surface area contributed by atoms with Crippen molar-refractivity contribution >= 4 is 11.3 Å². The Morgan fingerprint density at radius 2 is 1.89 bits per heavy atom. The summed E-state index contributed by atoms with van der Waals surface area (Å²) in [6, 6.07) is 0. The van der Waals surface area contributed by atoms with Gasteiger partial charge in [0, 0.05) is 12.5 Å². The van der Waals surface area contributed by atoms with Gasteiger partial charge >= 0.3 is 0 Å². The molecule has 4 heteroatoms. The maximum Gasteiger partial charge on any atom is 0.113 e. The highest BCUT2D eigenvalue weighted by molar-refractivity contribution is 7.09. The molecule has 18 heavy (non-hydrogen) atoms. The highest BCUT2D eigenvalue weighted by atomic mass is 32.1. The van der Waals surface area contributed by atoms with Crippen LogP contribution in [0, 0.1) is 0 Å². The first kappa shape index (κ1) is 14.0. The average molecular weight is 268 g/mol. The largest absolute Gasteiger partial charge is 0.372 e. The Bertz CT molecular complexity index is 392. The van der Waals surface area contributed by atoms with Crippen molar-refractivity contribution in [3.63, 3.8) is 0 Å². The zero-order valence-corrected chi connectivity index (χ0v) is 12.5. The molecule has 1 fully saturated rings. The Labute approximate surface area is 114 Å². The monoisotopic (exact) mass is 268 g/mol. The smallest absolute Gasteiger partial charge is 0.113 e. The van der Waals surface area contributed by atoms with Crippen LogP contribution >= 0.6 is 11.3 Å². The molecular formula is C14H24N2OS. The van der Waals surface area contributed by atoms with Crippen LogP contribution in [0.5, 0.6) is 0 Å². The lowest BCUT2D eigenvalue weighted by molar-refractivity contribution is 0.0157. The number of ether oxygens (including phenoxy) is 1. The Balaban J connectivity index is 2.23. The van der Waals surface area contributed by atoms with Crippen molar-refractivity contribution in [1.29, 1.82) is 0 Å². The molecule has 1 saturated carbocycles. The third-order valence-corrected chi connectivity index (χ3v) is 5.12. The lowest BCUT2D eigenvalue weighted by Gasteiger charge is -2.26. The Hall–Kier alpha value is -0.450. The van der Waals surface area contributed by atoms with Gasteiger partial charge in [-0.05, 0) is 26.7 Å². The molecule has 1 aliphatic carbocycles. The highest BCUT2D eigenvalue weighted by Gasteiger charge is 2.33. The van der Waals surface area contributed by atoms with Gasteiger partial charge in [0.15, 0.2) is 0 Å². The van der Waals surface area contributed by atoms with E-state index < -0.39 is 0 Å². The predicted octanol–water partition coefficient (Wildman–Crippen LogP) is 3.53. The van der Waals surface area contributed by atoms with E-state index in [1.165, 1.54) is 25.7 Å². The Kier molecular flexibility index (Phi) is 4.09. The minimum Gasteiger partial charge on any atom is -0.372 e. The van der Waals surface area contributed by atoms with Gasteiger partial charge in [-0.25, -0.2) is 4.98 Å². The maximum absolute atomic E-state index is 6.59. The fourth-order valence-electron chi connectivity index (χ4n) is 2.46. The molecule has 1 aromatic heterocycles. The summed E-state index contributed by atoms with van der Waals surface area (Å²) < 4.78 is 5.49. The predicted molar refractivity (Wildman–Crippen MR) is 75.7 cm³/mol. The lowest BCUT2D eigenvalue weighted by atomic mass is 9.92. The fourth-order valence-corrected chi connectivity index (χ4v) is 3.61. The van der Waals surface area contributed by atoms with Crippen molar-refractivity contribution in [2.45, 2.75) is 63.5 Å². The third-order valence-electron chi connectivity index (χ3n) is 4.05. The normalized spacial score (nSPS) is 20.7. The van der Waals surface area contributed by atoms with Gasteiger partial charge in [0.25, 0.3) is 0 Å². The number of methoxy groups -OCH3 is 1. The lowest BCUT2D eigenvalue weighted by Crippen LogP contribution is -2.36. The van der Waals surface area contributed by atoms with Gasteiger partial charge in [0.1, 0.15) is 10.6 Å². The minimum atomic E-state index is -0.324. The number of aromatic nitrogens is 1. The van der Waals surface area contributed by atoms with Crippen LogP contribution < -0.4 is 5.73 Å². The number of hydrogen-bond donors (Lipinski definition) is 1. The van der Waals surface area contributed by atoms with Crippen LogP contribution in [0.25, 0.3) is 0 Å². The molecule has 0 aliphatic heterocycles. The third kappa shape index (κ3) is 2.76. The van der Waals surface area contributed by atoms with E-state index in [2.05, 4.69) is 5.38 Å². The summed E-state index contributed by atoms with van der Waals surface area (Å²) in [5, 5.41) is 3.18. The minimum absolute atomic E-state index is 0.205. The van der Waals surface area contributed by atoms with Crippen molar-refractivity contribution in [1.82, 2.24) is 4.98 Å². The van der Waals surface area contributed by atoms with Crippen molar-refractivity contribution in [3.8, 4) is 0 Å². The van der Waals surface area contributed by atoms with Crippen molar-refractivity contribution < 1.29 is 4.74 Å². The summed E-state index contributed by atoms with van der Waals surface area (Å²) in [5.74, 6) is 0. The summed E-state index contributed by atoms with van der Waals surface area (Å²) in [6.07, 6.45) is 7.18. The molecule has 102 valence electrons. The molecule has 1 heterocycles. The maximum atomic E-state index is 6.59. The van der Waals surface area contributed by atoms with E-state index in [-0.39, 0.29) is 11.1 Å². The first-order chi connectivity index (χ1) is 8.48. The molecule has 0 unspecified atom stereocenters. The number of nitrogens with zero attached hydrogens (tertiary/aromatic N) is 1. The number of hydrogen-bond acceptors (Lipinski definition) is 4. The topological polar surface area (TPSA) is 48.1 Å². The quantitative estimate of drug-likeness (QED) is 0.853. The van der Waals surface area contributed by atoms with Gasteiger partial charge in [-0.1, -0.05) is 25.7 Å². The van der Waals surface area contributed by atoms with E-state index in [9.17, 15) is 0 Å². The highest BCUT2D eigenvalue weighted by Crippen LogP contribution is 2.37. The zero-order valence-electron chi connectivity index (χ0n) is 11.7. The first-order valence-corrected chi connectivity index (χ1v) is 7.66. The second-order valence-electron chi connectivity index (χ2n) is 5.82. The zero-order chi connectivity index (χ0) is 13.2. The molecule has 0 amide bonds. The van der Waals surface area contributed by atoms with Crippen LogP contribution in [-0.4, -0.2) is 12.1 Å². The first-order valence-electron chi connectivity index (χ1n) is 6.78. The Morgan fingerprint density at radius 1 is 1.28 bits per heavy atom. The van der Waals surface area contributed by atoms with E-state index in [1.807, 2.05) is 13.8 Å². The summed E-state index contributed by atoms with van der Waals surface area (Å²) in [5.41, 5.74) is 7.06. The van der Waals surface area contributed by atoms with Gasteiger partial charge < -0.3 is 10.5 Å². The SMILES string of the molecule is COC(C)(C)c1csc(C2(N)CCCCCC2)n1. The van der Waals surface area contributed by atoms with Crippen molar-refractivity contribution in [3.05, 3.63) is 16.1 Å². The van der Waals surface area contributed by atoms with E-state index in [4.69, 9.17) is 15.5 Å². The van der Waals surface area contributed by atoms with Gasteiger partial charge in [-0.3, -0.25) is 0 Å². The summed E-state index contributed by atoms with van der Waals surface area (Å²) in [4.78, 5) is 4.76. The van der Waals surface area contributed by atoms with Crippen LogP contribution in [0.4, 0.5) is 0 Å². The molecule has 0 radical (unpaired) electrons. The molecular weight excluding hydrogens is 244 g/mol. The second-order valence-corrected chi connectivity index (χ2v) is 6.68. The van der Waals surface area contributed by atoms with Crippen LogP contribution in [-0.2, 0) is 15.9 Å². The fraction of sp³-hybridized carbons (Fsp3) is 0.786. The van der Waals surface area contributed by atoms with E-state index in [0.717, 1.165) is 23.5 Å². The standard InChI is InChI=1S/C14H24N2OS/c1-13(2,17-3)11-10-18-12(16-11)14(15)8-6-4-5-7-9-14/h10H,4-9,15H2,1-3H3. The second kappa shape index (κ2) is 5.27. The molecule has 0 spiro atoms. The molecule has 2 N–H and O–H groups in total. The van der Waals surface area contributed by atoms with Crippen LogP contribution in [0.2, 0.25) is 0 Å². The summed E-state index contributed by atoms with van der Waals surface area (Å²) >= 11 is 1.69. The van der Waals surface area contributed by atoms with E-state index >= 15 is 0 Å². The van der Waals surface area contributed by atoms with E-state index in [1.54, 1.807) is 18.4 Å². The van der Waals surface area contributed by atoms with Crippen molar-refractivity contribution in [2.24, 2.45) is 5.73 Å². The molecule has 2 rings (SSSR count). The average Bonchev–Trinajstić information content (AvgIpc) is 2.76. The Morgan fingerprint density at radius 3 is 2.44 bits per heavy atom. The molecule has 1 aliphatic rings. The number of rotatable bonds is 3. The van der Waals surface area contributed by atoms with Gasteiger partial charge in [-0.15, -0.1) is 11.3 Å². The molecule has 0 saturated heterocycles. The van der Waals surface area contributed by atoms with E-state index in [0.29, 0.717) is 0 Å². The van der Waals surface area contributed by atoms with Gasteiger partial charge in [-0.2, -0.15) is 0 Å². The summed E-state index contributed by atoms with van der Waals surface area (Å²) in [6.45, 7) is 4.09. The molecule has 0 atom stereocenters. The van der Waals surface area contributed by atoms with Crippen LogP contribution in [0.1, 0.15) is 63.1 Å². The molecule has 3 nitrogen and oxygen atoms in total. The van der Waals surface area contributed by atoms with Crippen LogP contribution in [0.3, 0.4) is 0 Å².